The summed E-state index contributed by atoms with van der Waals surface area (Å²) in [5, 5.41) is 6.19. The summed E-state index contributed by atoms with van der Waals surface area (Å²) >= 11 is 0. The van der Waals surface area contributed by atoms with E-state index in [-0.39, 0.29) is 11.4 Å². The number of carbonyl (C=O) groups is 2. The van der Waals surface area contributed by atoms with Gasteiger partial charge in [0.15, 0.2) is 0 Å². The molecule has 0 aliphatic carbocycles. The molecule has 1 aliphatic rings. The molecular formula is C23H27N3O3. The number of benzene rings is 2. The summed E-state index contributed by atoms with van der Waals surface area (Å²) in [6.45, 7) is 4.76. The monoisotopic (exact) mass is 393 g/mol. The van der Waals surface area contributed by atoms with Gasteiger partial charge >= 0.3 is 5.97 Å². The number of anilines is 2. The molecule has 0 spiro atoms. The van der Waals surface area contributed by atoms with Gasteiger partial charge in [0, 0.05) is 34.6 Å². The van der Waals surface area contributed by atoms with Gasteiger partial charge in [0.25, 0.3) is 5.91 Å². The lowest BCUT2D eigenvalue weighted by atomic mass is 9.96. The largest absolute Gasteiger partial charge is 0.465 e. The van der Waals surface area contributed by atoms with Crippen LogP contribution in [-0.2, 0) is 15.1 Å². The summed E-state index contributed by atoms with van der Waals surface area (Å²) in [5.41, 5.74) is 10.4. The number of rotatable bonds is 7. The van der Waals surface area contributed by atoms with Crippen molar-refractivity contribution in [3.8, 4) is 0 Å². The molecule has 0 unspecified atom stereocenters. The lowest BCUT2D eigenvalue weighted by Crippen LogP contribution is -2.28. The normalized spacial score (nSPS) is 14.5. The Balaban J connectivity index is 1.55. The number of nitrogens with two attached hydrogens (primary N) is 1. The van der Waals surface area contributed by atoms with Crippen molar-refractivity contribution in [2.75, 3.05) is 24.3 Å². The number of amides is 1. The zero-order valence-electron chi connectivity index (χ0n) is 17.0. The quantitative estimate of drug-likeness (QED) is 0.377. The number of methoxy groups -OCH3 is 1. The van der Waals surface area contributed by atoms with Crippen LogP contribution in [0.25, 0.3) is 5.57 Å². The topological polar surface area (TPSA) is 93.4 Å². The number of esters is 1. The number of ether oxygens (including phenoxy) is 1. The van der Waals surface area contributed by atoms with Gasteiger partial charge in [-0.05, 0) is 56.5 Å². The van der Waals surface area contributed by atoms with Gasteiger partial charge in [-0.1, -0.05) is 24.3 Å². The van der Waals surface area contributed by atoms with Gasteiger partial charge in [0.05, 0.1) is 12.7 Å². The molecule has 6 nitrogen and oxygen atoms in total. The molecule has 0 saturated carbocycles. The molecule has 0 bridgehead atoms. The predicted molar refractivity (Wildman–Crippen MR) is 116 cm³/mol. The van der Waals surface area contributed by atoms with E-state index in [1.54, 1.807) is 18.2 Å². The fourth-order valence-electron chi connectivity index (χ4n) is 3.24. The van der Waals surface area contributed by atoms with Crippen LogP contribution < -0.4 is 16.4 Å². The number of nitrogens with one attached hydrogen (secondary N) is 2. The first-order valence-corrected chi connectivity index (χ1v) is 9.67. The minimum atomic E-state index is -0.423. The number of carbonyl (C=O) groups excluding carboxylic acids is 2. The Morgan fingerprint density at radius 1 is 1.21 bits per heavy atom. The minimum Gasteiger partial charge on any atom is -0.465 e. The highest BCUT2D eigenvalue weighted by molar-refractivity contribution is 6.31. The van der Waals surface area contributed by atoms with E-state index < -0.39 is 5.97 Å². The van der Waals surface area contributed by atoms with Crippen molar-refractivity contribution < 1.29 is 14.3 Å². The summed E-state index contributed by atoms with van der Waals surface area (Å²) < 4.78 is 4.72. The van der Waals surface area contributed by atoms with E-state index in [2.05, 4.69) is 10.6 Å². The Morgan fingerprint density at radius 3 is 2.59 bits per heavy atom. The van der Waals surface area contributed by atoms with Crippen LogP contribution in [0, 0.1) is 0 Å². The molecule has 4 N–H and O–H groups in total. The van der Waals surface area contributed by atoms with Crippen molar-refractivity contribution in [3.05, 3.63) is 65.2 Å². The third-order valence-corrected chi connectivity index (χ3v) is 4.91. The molecule has 0 radical (unpaired) electrons. The van der Waals surface area contributed by atoms with Crippen molar-refractivity contribution in [1.29, 1.82) is 0 Å². The van der Waals surface area contributed by atoms with Crippen LogP contribution >= 0.6 is 0 Å². The lowest BCUT2D eigenvalue weighted by Gasteiger charge is -2.19. The highest BCUT2D eigenvalue weighted by Gasteiger charge is 2.24. The second kappa shape index (κ2) is 8.49. The van der Waals surface area contributed by atoms with Crippen LogP contribution in [0.5, 0.6) is 0 Å². The van der Waals surface area contributed by atoms with E-state index in [1.165, 1.54) is 7.11 Å². The molecule has 2 aromatic rings. The number of unbranched alkanes of at least 4 members (excludes halogenated alkanes) is 1. The lowest BCUT2D eigenvalue weighted by molar-refractivity contribution is -0.110. The van der Waals surface area contributed by atoms with Crippen LogP contribution in [-0.4, -0.2) is 25.5 Å². The van der Waals surface area contributed by atoms with Gasteiger partial charge in [-0.3, -0.25) is 4.79 Å². The third kappa shape index (κ3) is 4.84. The molecule has 0 fully saturated rings. The first-order chi connectivity index (χ1) is 13.8. The second-order valence-corrected chi connectivity index (χ2v) is 7.69. The summed E-state index contributed by atoms with van der Waals surface area (Å²) in [4.78, 5) is 23.9. The average Bonchev–Trinajstić information content (AvgIpc) is 3.01. The van der Waals surface area contributed by atoms with Crippen LogP contribution in [0.4, 0.5) is 11.4 Å². The first-order valence-electron chi connectivity index (χ1n) is 9.67. The Labute approximate surface area is 171 Å². The minimum absolute atomic E-state index is 0.144. The SMILES string of the molecule is COC(=O)c1ccc2c(c1)NC(=O)C2=CCCCNc1ccc(C(C)(C)N)cc1. The van der Waals surface area contributed by atoms with Crippen molar-refractivity contribution in [1.82, 2.24) is 0 Å². The fourth-order valence-corrected chi connectivity index (χ4v) is 3.24. The smallest absolute Gasteiger partial charge is 0.337 e. The molecule has 0 aromatic heterocycles. The van der Waals surface area contributed by atoms with Gasteiger partial charge in [-0.25, -0.2) is 4.79 Å². The first kappa shape index (κ1) is 20.6. The summed E-state index contributed by atoms with van der Waals surface area (Å²) in [5.74, 6) is -0.566. The van der Waals surface area contributed by atoms with Crippen LogP contribution in [0.2, 0.25) is 0 Å². The van der Waals surface area contributed by atoms with Gasteiger partial charge < -0.3 is 21.1 Å². The Hall–Kier alpha value is -3.12. The highest BCUT2D eigenvalue weighted by Crippen LogP contribution is 2.33. The summed E-state index contributed by atoms with van der Waals surface area (Å²) in [6.07, 6.45) is 3.60. The molecule has 3 rings (SSSR count). The van der Waals surface area contributed by atoms with E-state index >= 15 is 0 Å². The zero-order valence-corrected chi connectivity index (χ0v) is 17.0. The molecule has 2 aromatic carbocycles. The van der Waals surface area contributed by atoms with E-state index in [1.807, 2.05) is 44.2 Å². The van der Waals surface area contributed by atoms with Gasteiger partial charge in [0.2, 0.25) is 0 Å². The maximum Gasteiger partial charge on any atom is 0.337 e. The van der Waals surface area contributed by atoms with Crippen molar-refractivity contribution >= 4 is 28.8 Å². The third-order valence-electron chi connectivity index (χ3n) is 4.91. The molecule has 0 saturated heterocycles. The number of allylic oxidation sites excluding steroid dienone is 1. The van der Waals surface area contributed by atoms with Crippen molar-refractivity contribution in [3.63, 3.8) is 0 Å². The van der Waals surface area contributed by atoms with Crippen molar-refractivity contribution in [2.24, 2.45) is 5.73 Å². The molecule has 0 atom stereocenters. The van der Waals surface area contributed by atoms with Gasteiger partial charge in [-0.15, -0.1) is 0 Å². The summed E-state index contributed by atoms with van der Waals surface area (Å²) in [7, 11) is 1.33. The average molecular weight is 393 g/mol. The standard InChI is InChI=1S/C23H27N3O3/c1-23(2,24)16-8-10-17(11-9-16)25-13-5-4-6-19-18-12-7-15(22(28)29-3)14-20(18)26-21(19)27/h6-12,14,25H,4-5,13,24H2,1-3H3,(H,26,27). The van der Waals surface area contributed by atoms with E-state index in [9.17, 15) is 9.59 Å². The number of hydrogen-bond donors (Lipinski definition) is 3. The molecular weight excluding hydrogens is 366 g/mol. The zero-order chi connectivity index (χ0) is 21.0. The predicted octanol–water partition coefficient (Wildman–Crippen LogP) is 3.89. The van der Waals surface area contributed by atoms with Crippen LogP contribution in [0.1, 0.15) is 48.2 Å². The molecule has 1 aliphatic heterocycles. The van der Waals surface area contributed by atoms with E-state index in [0.717, 1.165) is 36.2 Å². The molecule has 1 heterocycles. The molecule has 6 heteroatoms. The Kier molecular flexibility index (Phi) is 6.03. The second-order valence-electron chi connectivity index (χ2n) is 7.69. The van der Waals surface area contributed by atoms with E-state index in [4.69, 9.17) is 10.5 Å². The fraction of sp³-hybridized carbons (Fsp3) is 0.304. The van der Waals surface area contributed by atoms with Gasteiger partial charge in [-0.2, -0.15) is 0 Å². The number of hydrogen-bond acceptors (Lipinski definition) is 5. The molecule has 29 heavy (non-hydrogen) atoms. The highest BCUT2D eigenvalue weighted by atomic mass is 16.5. The Morgan fingerprint density at radius 2 is 1.93 bits per heavy atom. The maximum atomic E-state index is 12.3. The van der Waals surface area contributed by atoms with Gasteiger partial charge in [0.1, 0.15) is 0 Å². The number of fused-ring (bicyclic) bond motifs is 1. The Bertz CT molecular complexity index is 941. The summed E-state index contributed by atoms with van der Waals surface area (Å²) in [6, 6.07) is 13.2. The van der Waals surface area contributed by atoms with E-state index in [0.29, 0.717) is 16.8 Å². The van der Waals surface area contributed by atoms with Crippen molar-refractivity contribution in [2.45, 2.75) is 32.2 Å². The van der Waals surface area contributed by atoms with Crippen LogP contribution in [0.15, 0.2) is 48.5 Å². The van der Waals surface area contributed by atoms with Crippen LogP contribution in [0.3, 0.4) is 0 Å². The molecule has 152 valence electrons. The maximum absolute atomic E-state index is 12.3. The molecule has 1 amide bonds.